The first-order chi connectivity index (χ1) is 13.6. The molecule has 0 atom stereocenters. The lowest BCUT2D eigenvalue weighted by atomic mass is 10.0. The fourth-order valence-electron chi connectivity index (χ4n) is 3.20. The van der Waals surface area contributed by atoms with E-state index in [1.54, 1.807) is 0 Å². The van der Waals surface area contributed by atoms with Crippen LogP contribution in [0.15, 0.2) is 54.6 Å². The van der Waals surface area contributed by atoms with Gasteiger partial charge in [0.15, 0.2) is 0 Å². The zero-order valence-corrected chi connectivity index (χ0v) is 17.4. The number of unbranched alkanes of at least 4 members (excludes halogenated alkanes) is 1. The Labute approximate surface area is 178 Å². The average Bonchev–Trinajstić information content (AvgIpc) is 3.53. The number of hydrogen-bond donors (Lipinski definition) is 2. The third-order valence-corrected chi connectivity index (χ3v) is 5.35. The van der Waals surface area contributed by atoms with Crippen molar-refractivity contribution in [3.63, 3.8) is 0 Å². The van der Waals surface area contributed by atoms with Crippen molar-refractivity contribution >= 4 is 24.3 Å². The summed E-state index contributed by atoms with van der Waals surface area (Å²) < 4.78 is 0. The summed E-state index contributed by atoms with van der Waals surface area (Å²) in [6, 6.07) is 18.6. The number of hydroxylamine groups is 1. The summed E-state index contributed by atoms with van der Waals surface area (Å²) in [5.74, 6) is -0.772. The van der Waals surface area contributed by atoms with Crippen LogP contribution < -0.4 is 11.2 Å². The molecule has 1 saturated carbocycles. The van der Waals surface area contributed by atoms with E-state index in [1.165, 1.54) is 11.1 Å². The Balaban J connectivity index is 0.00000300. The van der Waals surface area contributed by atoms with Crippen LogP contribution in [0.4, 0.5) is 0 Å². The molecule has 2 aromatic carbocycles. The summed E-state index contributed by atoms with van der Waals surface area (Å²) in [7, 11) is 0. The molecular weight excluding hydrogens is 388 g/mol. The second-order valence-corrected chi connectivity index (χ2v) is 7.59. The fourth-order valence-corrected chi connectivity index (χ4v) is 3.20. The van der Waals surface area contributed by atoms with Crippen LogP contribution in [0.1, 0.15) is 42.4 Å². The maximum Gasteiger partial charge on any atom is 0.339 e. The van der Waals surface area contributed by atoms with E-state index >= 15 is 0 Å². The minimum absolute atomic E-state index is 0. The number of hydrogen-bond acceptors (Lipinski definition) is 4. The molecule has 1 amide bonds. The molecule has 0 aromatic heterocycles. The Morgan fingerprint density at radius 1 is 0.897 bits per heavy atom. The van der Waals surface area contributed by atoms with E-state index < -0.39 is 11.4 Å². The zero-order chi connectivity index (χ0) is 19.8. The lowest BCUT2D eigenvalue weighted by Crippen LogP contribution is -2.35. The van der Waals surface area contributed by atoms with Gasteiger partial charge in [-0.25, -0.2) is 4.79 Å². The van der Waals surface area contributed by atoms with Crippen molar-refractivity contribution in [1.82, 2.24) is 5.48 Å². The van der Waals surface area contributed by atoms with Gasteiger partial charge in [-0.3, -0.25) is 4.79 Å². The predicted octanol–water partition coefficient (Wildman–Crippen LogP) is 3.53. The van der Waals surface area contributed by atoms with E-state index in [0.29, 0.717) is 0 Å². The van der Waals surface area contributed by atoms with Crippen molar-refractivity contribution in [2.75, 3.05) is 6.54 Å². The van der Waals surface area contributed by atoms with Gasteiger partial charge >= 0.3 is 5.97 Å². The molecule has 0 unspecified atom stereocenters. The molecule has 3 N–H and O–H groups in total. The van der Waals surface area contributed by atoms with E-state index in [4.69, 9.17) is 10.6 Å². The van der Waals surface area contributed by atoms with E-state index in [9.17, 15) is 9.59 Å². The van der Waals surface area contributed by atoms with Gasteiger partial charge in [0, 0.05) is 6.54 Å². The van der Waals surface area contributed by atoms with Crippen LogP contribution in [-0.2, 0) is 33.7 Å². The van der Waals surface area contributed by atoms with Crippen molar-refractivity contribution in [1.29, 1.82) is 0 Å². The first-order valence-electron chi connectivity index (χ1n) is 9.93. The zero-order valence-electron chi connectivity index (χ0n) is 16.6. The summed E-state index contributed by atoms with van der Waals surface area (Å²) in [6.45, 7) is 0.258. The van der Waals surface area contributed by atoms with Crippen LogP contribution in [0.25, 0.3) is 0 Å². The van der Waals surface area contributed by atoms with Gasteiger partial charge in [0.05, 0.1) is 11.8 Å². The second-order valence-electron chi connectivity index (χ2n) is 7.59. The molecule has 0 saturated heterocycles. The van der Waals surface area contributed by atoms with Crippen molar-refractivity contribution in [3.05, 3.63) is 71.3 Å². The molecular formula is C23H29ClN2O3. The maximum atomic E-state index is 12.0. The summed E-state index contributed by atoms with van der Waals surface area (Å²) in [4.78, 5) is 28.7. The third kappa shape index (κ3) is 6.87. The van der Waals surface area contributed by atoms with Gasteiger partial charge in [0.25, 0.3) is 5.91 Å². The highest BCUT2D eigenvalue weighted by Crippen LogP contribution is 2.45. The van der Waals surface area contributed by atoms with Crippen molar-refractivity contribution in [3.8, 4) is 0 Å². The van der Waals surface area contributed by atoms with Crippen LogP contribution in [0.2, 0.25) is 0 Å². The Kier molecular flexibility index (Phi) is 8.68. The number of amides is 1. The number of nitrogens with two attached hydrogens (primary N) is 1. The van der Waals surface area contributed by atoms with E-state index in [2.05, 4.69) is 41.9 Å². The molecule has 5 nitrogen and oxygen atoms in total. The molecule has 0 heterocycles. The molecule has 0 spiro atoms. The van der Waals surface area contributed by atoms with Crippen LogP contribution in [0, 0.1) is 5.41 Å². The van der Waals surface area contributed by atoms with Gasteiger partial charge in [0.2, 0.25) is 0 Å². The smallest absolute Gasteiger partial charge is 0.339 e. The molecule has 1 aliphatic carbocycles. The van der Waals surface area contributed by atoms with E-state index in [0.717, 1.165) is 44.1 Å². The minimum Gasteiger partial charge on any atom is -0.340 e. The number of rotatable bonds is 9. The number of nitrogens with one attached hydrogen (secondary N) is 1. The molecule has 3 rings (SSSR count). The molecule has 6 heteroatoms. The lowest BCUT2D eigenvalue weighted by molar-refractivity contribution is -0.163. The standard InChI is InChI=1S/C23H28N2O3.ClH/c24-17-23(14-15-23)22(27)28-25-21(26)16-20-12-10-19(11-13-20)9-5-4-8-18-6-2-1-3-7-18;/h1-3,6-7,10-13H,4-5,8-9,14-17,24H2,(H,25,26);1H. The molecule has 0 bridgehead atoms. The van der Waals surface area contributed by atoms with Crippen LogP contribution in [0.3, 0.4) is 0 Å². The highest BCUT2D eigenvalue weighted by molar-refractivity contribution is 5.85. The van der Waals surface area contributed by atoms with Crippen LogP contribution in [-0.4, -0.2) is 18.4 Å². The number of benzene rings is 2. The Morgan fingerprint density at radius 2 is 1.45 bits per heavy atom. The van der Waals surface area contributed by atoms with Gasteiger partial charge in [-0.05, 0) is 55.2 Å². The van der Waals surface area contributed by atoms with Crippen LogP contribution in [0.5, 0.6) is 0 Å². The highest BCUT2D eigenvalue weighted by Gasteiger charge is 2.50. The number of carbonyl (C=O) groups is 2. The lowest BCUT2D eigenvalue weighted by Gasteiger charge is -2.11. The highest BCUT2D eigenvalue weighted by atomic mass is 35.5. The second kappa shape index (κ2) is 11.0. The average molecular weight is 417 g/mol. The normalized spacial score (nSPS) is 13.8. The Hall–Kier alpha value is -2.37. The summed E-state index contributed by atoms with van der Waals surface area (Å²) >= 11 is 0. The number of halogens is 1. The molecule has 1 fully saturated rings. The van der Waals surface area contributed by atoms with Crippen molar-refractivity contribution in [2.24, 2.45) is 11.1 Å². The molecule has 0 aliphatic heterocycles. The van der Waals surface area contributed by atoms with Crippen molar-refractivity contribution < 1.29 is 14.4 Å². The largest absolute Gasteiger partial charge is 0.340 e. The minimum atomic E-state index is -0.574. The monoisotopic (exact) mass is 416 g/mol. The maximum absolute atomic E-state index is 12.0. The molecule has 29 heavy (non-hydrogen) atoms. The molecule has 1 aliphatic rings. The van der Waals surface area contributed by atoms with Crippen molar-refractivity contribution in [2.45, 2.75) is 44.9 Å². The van der Waals surface area contributed by atoms with Gasteiger partial charge in [-0.2, -0.15) is 5.48 Å². The quantitative estimate of drug-likeness (QED) is 0.484. The topological polar surface area (TPSA) is 81.4 Å². The Morgan fingerprint density at radius 3 is 2.00 bits per heavy atom. The fraction of sp³-hybridized carbons (Fsp3) is 0.391. The number of carbonyl (C=O) groups excluding carboxylic acids is 2. The van der Waals surface area contributed by atoms with Gasteiger partial charge in [-0.1, -0.05) is 54.6 Å². The molecule has 156 valence electrons. The third-order valence-electron chi connectivity index (χ3n) is 5.35. The van der Waals surface area contributed by atoms with E-state index in [-0.39, 0.29) is 31.3 Å². The van der Waals surface area contributed by atoms with Crippen LogP contribution >= 0.6 is 12.4 Å². The SMILES string of the molecule is Cl.NCC1(C(=O)ONC(=O)Cc2ccc(CCCCc3ccccc3)cc2)CC1. The Bertz CT molecular complexity index is 790. The van der Waals surface area contributed by atoms with E-state index in [1.807, 2.05) is 18.2 Å². The predicted molar refractivity (Wildman–Crippen MR) is 115 cm³/mol. The first kappa shape index (κ1) is 22.9. The van der Waals surface area contributed by atoms with Gasteiger partial charge in [-0.15, -0.1) is 12.4 Å². The van der Waals surface area contributed by atoms with Gasteiger partial charge in [0.1, 0.15) is 0 Å². The molecule has 2 aromatic rings. The van der Waals surface area contributed by atoms with Gasteiger partial charge < -0.3 is 10.6 Å². The number of aryl methyl sites for hydroxylation is 2. The summed E-state index contributed by atoms with van der Waals surface area (Å²) in [5, 5.41) is 0. The first-order valence-corrected chi connectivity index (χ1v) is 9.93. The summed E-state index contributed by atoms with van der Waals surface area (Å²) in [5.41, 5.74) is 10.8. The summed E-state index contributed by atoms with van der Waals surface area (Å²) in [6.07, 6.45) is 6.05. The molecule has 0 radical (unpaired) electrons.